The molecule has 0 bridgehead atoms. The summed E-state index contributed by atoms with van der Waals surface area (Å²) in [6.07, 6.45) is 2.62. The van der Waals surface area contributed by atoms with E-state index >= 15 is 0 Å². The molecular weight excluding hydrogens is 448 g/mol. The third kappa shape index (κ3) is 7.65. The third-order valence-electron chi connectivity index (χ3n) is 6.88. The molecule has 1 aliphatic heterocycles. The van der Waals surface area contributed by atoms with E-state index in [0.717, 1.165) is 50.3 Å². The Labute approximate surface area is 217 Å². The molecule has 196 valence electrons. The largest absolute Gasteiger partial charge is 0.507 e. The first-order valence-electron chi connectivity index (χ1n) is 13.1. The summed E-state index contributed by atoms with van der Waals surface area (Å²) in [5.74, 6) is 0.0753. The van der Waals surface area contributed by atoms with E-state index in [4.69, 9.17) is 0 Å². The summed E-state index contributed by atoms with van der Waals surface area (Å²) in [5, 5.41) is 15.1. The average Bonchev–Trinajstić information content (AvgIpc) is 2.80. The Balaban J connectivity index is 1.53. The number of hydrogen-bond acceptors (Lipinski definition) is 5. The predicted octanol–water partition coefficient (Wildman–Crippen LogP) is 4.82. The fourth-order valence-corrected chi connectivity index (χ4v) is 4.42. The van der Waals surface area contributed by atoms with Crippen molar-refractivity contribution in [2.24, 2.45) is 5.10 Å². The molecule has 1 amide bonds. The van der Waals surface area contributed by atoms with E-state index in [0.29, 0.717) is 12.1 Å². The molecule has 3 rings (SSSR count). The van der Waals surface area contributed by atoms with E-state index in [1.165, 1.54) is 11.1 Å². The van der Waals surface area contributed by atoms with Crippen LogP contribution >= 0.6 is 0 Å². The van der Waals surface area contributed by atoms with Crippen LogP contribution in [-0.2, 0) is 28.6 Å². The van der Waals surface area contributed by atoms with Crippen molar-refractivity contribution in [2.45, 2.75) is 72.3 Å². The van der Waals surface area contributed by atoms with Gasteiger partial charge in [0.1, 0.15) is 5.75 Å². The number of hydrazone groups is 1. The molecule has 1 saturated heterocycles. The van der Waals surface area contributed by atoms with E-state index in [9.17, 15) is 9.90 Å². The number of hydrogen-bond donors (Lipinski definition) is 2. The summed E-state index contributed by atoms with van der Waals surface area (Å²) in [7, 11) is 0. The van der Waals surface area contributed by atoms with Crippen LogP contribution in [-0.4, -0.2) is 59.8 Å². The lowest BCUT2D eigenvalue weighted by molar-refractivity contribution is -0.122. The second-order valence-corrected chi connectivity index (χ2v) is 12.0. The Kier molecular flexibility index (Phi) is 8.96. The van der Waals surface area contributed by atoms with E-state index < -0.39 is 0 Å². The molecule has 0 spiro atoms. The fraction of sp³-hybridized carbons (Fsp3) is 0.533. The van der Waals surface area contributed by atoms with Crippen molar-refractivity contribution in [3.63, 3.8) is 0 Å². The molecule has 0 atom stereocenters. The normalized spacial score (nSPS) is 16.0. The number of carbonyl (C=O) groups is 1. The van der Waals surface area contributed by atoms with Gasteiger partial charge >= 0.3 is 0 Å². The number of aryl methyl sites for hydroxylation is 1. The number of carbonyl (C=O) groups excluding carboxylic acids is 1. The average molecular weight is 493 g/mol. The summed E-state index contributed by atoms with van der Waals surface area (Å²) in [6, 6.07) is 12.9. The van der Waals surface area contributed by atoms with Crippen LogP contribution in [0.3, 0.4) is 0 Å². The maximum absolute atomic E-state index is 12.5. The van der Waals surface area contributed by atoms with Crippen LogP contribution in [0.2, 0.25) is 0 Å². The standard InChI is InChI=1S/C30H44N4O2/c1-8-22-9-11-23(12-10-22)20-33-13-15-34(16-14-33)21-27(35)32-31-19-24-17-25(29(2,3)4)18-26(28(24)36)30(5,6)7/h9-12,17-19,36H,8,13-16,20-21H2,1-7H3,(H,32,35). The molecular formula is C30H44N4O2. The highest BCUT2D eigenvalue weighted by Gasteiger charge is 2.24. The summed E-state index contributed by atoms with van der Waals surface area (Å²) < 4.78 is 0. The first-order valence-corrected chi connectivity index (χ1v) is 13.1. The smallest absolute Gasteiger partial charge is 0.254 e. The number of phenols is 1. The second-order valence-electron chi connectivity index (χ2n) is 12.0. The van der Waals surface area contributed by atoms with E-state index in [1.807, 2.05) is 6.07 Å². The number of benzene rings is 2. The maximum atomic E-state index is 12.5. The molecule has 0 saturated carbocycles. The van der Waals surface area contributed by atoms with Crippen LogP contribution in [0.1, 0.15) is 76.3 Å². The van der Waals surface area contributed by atoms with Crippen LogP contribution in [0.15, 0.2) is 41.5 Å². The lowest BCUT2D eigenvalue weighted by atomic mass is 9.79. The van der Waals surface area contributed by atoms with Crippen LogP contribution in [0.4, 0.5) is 0 Å². The van der Waals surface area contributed by atoms with Crippen molar-refractivity contribution in [3.8, 4) is 5.75 Å². The van der Waals surface area contributed by atoms with E-state index in [-0.39, 0.29) is 22.5 Å². The Bertz CT molecular complexity index is 1050. The minimum atomic E-state index is -0.210. The SMILES string of the molecule is CCc1ccc(CN2CCN(CC(=O)NN=Cc3cc(C(C)(C)C)cc(C(C)(C)C)c3O)CC2)cc1. The molecule has 36 heavy (non-hydrogen) atoms. The molecule has 6 heteroatoms. The summed E-state index contributed by atoms with van der Waals surface area (Å²) >= 11 is 0. The number of aromatic hydroxyl groups is 1. The first kappa shape index (κ1) is 27.9. The van der Waals surface area contributed by atoms with E-state index in [1.54, 1.807) is 6.21 Å². The highest BCUT2D eigenvalue weighted by molar-refractivity contribution is 5.86. The van der Waals surface area contributed by atoms with Gasteiger partial charge in [-0.3, -0.25) is 14.6 Å². The molecule has 2 N–H and O–H groups in total. The molecule has 1 heterocycles. The van der Waals surface area contributed by atoms with Crippen LogP contribution < -0.4 is 5.43 Å². The zero-order chi connectivity index (χ0) is 26.5. The molecule has 2 aromatic carbocycles. The Morgan fingerprint density at radius 1 is 0.944 bits per heavy atom. The van der Waals surface area contributed by atoms with Gasteiger partial charge in [0.2, 0.25) is 0 Å². The van der Waals surface area contributed by atoms with E-state index in [2.05, 4.69) is 99.1 Å². The Morgan fingerprint density at radius 2 is 1.53 bits per heavy atom. The first-order chi connectivity index (χ1) is 16.9. The number of amides is 1. The predicted molar refractivity (Wildman–Crippen MR) is 149 cm³/mol. The zero-order valence-electron chi connectivity index (χ0n) is 23.2. The molecule has 0 radical (unpaired) electrons. The zero-order valence-corrected chi connectivity index (χ0v) is 23.2. The van der Waals surface area contributed by atoms with Gasteiger partial charge in [-0.05, 0) is 40.0 Å². The summed E-state index contributed by atoms with van der Waals surface area (Å²) in [5.41, 5.74) is 7.69. The van der Waals surface area contributed by atoms with Crippen molar-refractivity contribution >= 4 is 12.1 Å². The van der Waals surface area contributed by atoms with Gasteiger partial charge < -0.3 is 5.11 Å². The van der Waals surface area contributed by atoms with Crippen molar-refractivity contribution in [2.75, 3.05) is 32.7 Å². The number of nitrogens with one attached hydrogen (secondary N) is 1. The van der Waals surface area contributed by atoms with Crippen LogP contribution in [0.25, 0.3) is 0 Å². The van der Waals surface area contributed by atoms with Gasteiger partial charge in [-0.15, -0.1) is 0 Å². The highest BCUT2D eigenvalue weighted by Crippen LogP contribution is 2.37. The molecule has 6 nitrogen and oxygen atoms in total. The van der Waals surface area contributed by atoms with Gasteiger partial charge in [-0.25, -0.2) is 5.43 Å². The third-order valence-corrected chi connectivity index (χ3v) is 6.88. The summed E-state index contributed by atoms with van der Waals surface area (Å²) in [6.45, 7) is 19.7. The molecule has 0 unspecified atom stereocenters. The Morgan fingerprint density at radius 3 is 2.08 bits per heavy atom. The Hall–Kier alpha value is -2.70. The van der Waals surface area contributed by atoms with Crippen molar-refractivity contribution in [3.05, 3.63) is 64.2 Å². The molecule has 0 aromatic heterocycles. The monoisotopic (exact) mass is 492 g/mol. The quantitative estimate of drug-likeness (QED) is 0.430. The van der Waals surface area contributed by atoms with Crippen molar-refractivity contribution in [1.82, 2.24) is 15.2 Å². The number of piperazine rings is 1. The highest BCUT2D eigenvalue weighted by atomic mass is 16.3. The number of nitrogens with zero attached hydrogens (tertiary/aromatic N) is 3. The number of rotatable bonds is 7. The van der Waals surface area contributed by atoms with Gasteiger partial charge in [-0.1, -0.05) is 78.8 Å². The molecule has 1 aliphatic rings. The van der Waals surface area contributed by atoms with Gasteiger partial charge in [0.05, 0.1) is 12.8 Å². The lowest BCUT2D eigenvalue weighted by Crippen LogP contribution is -2.48. The topological polar surface area (TPSA) is 68.2 Å². The molecule has 0 aliphatic carbocycles. The van der Waals surface area contributed by atoms with Crippen molar-refractivity contribution < 1.29 is 9.90 Å². The number of phenolic OH excluding ortho intramolecular Hbond substituents is 1. The fourth-order valence-electron chi connectivity index (χ4n) is 4.42. The van der Waals surface area contributed by atoms with Crippen LogP contribution in [0, 0.1) is 0 Å². The summed E-state index contributed by atoms with van der Waals surface area (Å²) in [4.78, 5) is 17.1. The van der Waals surface area contributed by atoms with Crippen molar-refractivity contribution in [1.29, 1.82) is 0 Å². The van der Waals surface area contributed by atoms with Gasteiger partial charge in [0.25, 0.3) is 5.91 Å². The molecule has 2 aromatic rings. The minimum Gasteiger partial charge on any atom is -0.507 e. The van der Waals surface area contributed by atoms with Gasteiger partial charge in [-0.2, -0.15) is 5.10 Å². The van der Waals surface area contributed by atoms with Gasteiger partial charge in [0, 0.05) is 43.9 Å². The van der Waals surface area contributed by atoms with Crippen LogP contribution in [0.5, 0.6) is 5.75 Å². The maximum Gasteiger partial charge on any atom is 0.254 e. The second kappa shape index (κ2) is 11.6. The lowest BCUT2D eigenvalue weighted by Gasteiger charge is -2.34. The van der Waals surface area contributed by atoms with Gasteiger partial charge in [0.15, 0.2) is 0 Å². The minimum absolute atomic E-state index is 0.0688. The molecule has 1 fully saturated rings.